The number of ether oxygens (including phenoxy) is 1. The second-order valence-electron chi connectivity index (χ2n) is 1.76. The van der Waals surface area contributed by atoms with Crippen molar-refractivity contribution in [1.82, 2.24) is 0 Å². The molecule has 0 saturated carbocycles. The van der Waals surface area contributed by atoms with Gasteiger partial charge in [0, 0.05) is 12.5 Å². The first-order chi connectivity index (χ1) is 3.43. The second-order valence-corrected chi connectivity index (χ2v) is 1.76. The van der Waals surface area contributed by atoms with Crippen molar-refractivity contribution in [2.75, 3.05) is 13.2 Å². The Bertz CT molecular complexity index is 64.5. The van der Waals surface area contributed by atoms with Crippen LogP contribution in [0.3, 0.4) is 0 Å². The highest BCUT2D eigenvalue weighted by molar-refractivity contribution is 5.53. The van der Waals surface area contributed by atoms with Gasteiger partial charge in [-0.3, -0.25) is 0 Å². The molecule has 40 valence electrons. The zero-order chi connectivity index (χ0) is 5.11. The molecule has 1 rings (SSSR count). The van der Waals surface area contributed by atoms with Crippen LogP contribution in [0.1, 0.15) is 6.42 Å². The topological polar surface area (TPSA) is 26.3 Å². The first kappa shape index (κ1) is 4.78. The van der Waals surface area contributed by atoms with Gasteiger partial charge in [-0.25, -0.2) is 0 Å². The summed E-state index contributed by atoms with van der Waals surface area (Å²) in [6.07, 6.45) is 1.89. The molecule has 1 atom stereocenters. The Morgan fingerprint density at radius 2 is 2.57 bits per heavy atom. The van der Waals surface area contributed by atoms with E-state index in [1.807, 2.05) is 0 Å². The van der Waals surface area contributed by atoms with Crippen molar-refractivity contribution >= 4 is 6.29 Å². The van der Waals surface area contributed by atoms with E-state index >= 15 is 0 Å². The molecule has 0 amide bonds. The van der Waals surface area contributed by atoms with E-state index in [9.17, 15) is 4.79 Å². The molecular formula is C5H8O2. The molecule has 7 heavy (non-hydrogen) atoms. The minimum absolute atomic E-state index is 0.194. The largest absolute Gasteiger partial charge is 0.381 e. The SMILES string of the molecule is O=C[C@H]1CCOC1. The summed E-state index contributed by atoms with van der Waals surface area (Å²) in [5, 5.41) is 0. The Balaban J connectivity index is 2.26. The molecule has 0 spiro atoms. The fourth-order valence-corrected chi connectivity index (χ4v) is 0.660. The number of carbonyl (C=O) groups excluding carboxylic acids is 1. The number of hydrogen-bond acceptors (Lipinski definition) is 2. The summed E-state index contributed by atoms with van der Waals surface area (Å²) in [5.41, 5.74) is 0. The van der Waals surface area contributed by atoms with Crippen LogP contribution >= 0.6 is 0 Å². The highest BCUT2D eigenvalue weighted by atomic mass is 16.5. The first-order valence-electron chi connectivity index (χ1n) is 2.46. The van der Waals surface area contributed by atoms with Crippen LogP contribution in [0.2, 0.25) is 0 Å². The quantitative estimate of drug-likeness (QED) is 0.441. The van der Waals surface area contributed by atoms with Gasteiger partial charge in [-0.1, -0.05) is 0 Å². The number of hydrogen-bond donors (Lipinski definition) is 0. The molecule has 2 nitrogen and oxygen atoms in total. The van der Waals surface area contributed by atoms with Crippen LogP contribution < -0.4 is 0 Å². The number of carbonyl (C=O) groups is 1. The standard InChI is InChI=1S/C5H8O2/c6-3-5-1-2-7-4-5/h3,5H,1-2,4H2/t5-/m1/s1. The Morgan fingerprint density at radius 1 is 1.71 bits per heavy atom. The Kier molecular flexibility index (Phi) is 1.42. The zero-order valence-corrected chi connectivity index (χ0v) is 4.09. The molecule has 0 aromatic rings. The monoisotopic (exact) mass is 100 g/mol. The van der Waals surface area contributed by atoms with Gasteiger partial charge >= 0.3 is 0 Å². The molecule has 0 aromatic carbocycles. The summed E-state index contributed by atoms with van der Waals surface area (Å²) < 4.78 is 4.92. The van der Waals surface area contributed by atoms with Gasteiger partial charge in [0.1, 0.15) is 6.29 Å². The van der Waals surface area contributed by atoms with E-state index in [-0.39, 0.29) is 5.92 Å². The van der Waals surface area contributed by atoms with Crippen LogP contribution in [-0.2, 0) is 9.53 Å². The van der Waals surface area contributed by atoms with E-state index < -0.39 is 0 Å². The summed E-state index contributed by atoms with van der Waals surface area (Å²) in [7, 11) is 0. The molecule has 1 aliphatic rings. The van der Waals surface area contributed by atoms with Crippen molar-refractivity contribution in [2.45, 2.75) is 6.42 Å². The fourth-order valence-electron chi connectivity index (χ4n) is 0.660. The second kappa shape index (κ2) is 2.07. The maximum absolute atomic E-state index is 9.93. The maximum Gasteiger partial charge on any atom is 0.125 e. The summed E-state index contributed by atoms with van der Waals surface area (Å²) >= 11 is 0. The summed E-state index contributed by atoms with van der Waals surface area (Å²) in [4.78, 5) is 9.93. The Morgan fingerprint density at radius 3 is 2.86 bits per heavy atom. The van der Waals surface area contributed by atoms with Crippen molar-refractivity contribution in [1.29, 1.82) is 0 Å². The molecule has 1 heterocycles. The molecule has 0 unspecified atom stereocenters. The summed E-state index contributed by atoms with van der Waals surface area (Å²) in [5.74, 6) is 0.194. The molecule has 0 aliphatic carbocycles. The molecular weight excluding hydrogens is 92.1 g/mol. The van der Waals surface area contributed by atoms with E-state index in [4.69, 9.17) is 4.74 Å². The predicted octanol–water partition coefficient (Wildman–Crippen LogP) is 0.222. The van der Waals surface area contributed by atoms with Crippen LogP contribution in [-0.4, -0.2) is 19.5 Å². The first-order valence-corrected chi connectivity index (χ1v) is 2.46. The Hall–Kier alpha value is -0.370. The average Bonchev–Trinajstić information content (AvgIpc) is 2.14. The maximum atomic E-state index is 9.93. The molecule has 1 aliphatic heterocycles. The van der Waals surface area contributed by atoms with Crippen LogP contribution in [0, 0.1) is 5.92 Å². The lowest BCUT2D eigenvalue weighted by atomic mass is 10.2. The van der Waals surface area contributed by atoms with Crippen LogP contribution in [0.5, 0.6) is 0 Å². The molecule has 0 aromatic heterocycles. The van der Waals surface area contributed by atoms with Crippen molar-refractivity contribution < 1.29 is 9.53 Å². The Labute approximate surface area is 42.5 Å². The van der Waals surface area contributed by atoms with Crippen LogP contribution in [0.4, 0.5) is 0 Å². The molecule has 0 bridgehead atoms. The lowest BCUT2D eigenvalue weighted by Crippen LogP contribution is -1.98. The van der Waals surface area contributed by atoms with Crippen molar-refractivity contribution in [3.63, 3.8) is 0 Å². The highest BCUT2D eigenvalue weighted by Crippen LogP contribution is 2.07. The van der Waals surface area contributed by atoms with Gasteiger partial charge in [-0.15, -0.1) is 0 Å². The lowest BCUT2D eigenvalue weighted by Gasteiger charge is -1.88. The van der Waals surface area contributed by atoms with E-state index in [1.54, 1.807) is 0 Å². The van der Waals surface area contributed by atoms with Gasteiger partial charge in [0.25, 0.3) is 0 Å². The van der Waals surface area contributed by atoms with E-state index in [1.165, 1.54) is 0 Å². The zero-order valence-electron chi connectivity index (χ0n) is 4.09. The number of rotatable bonds is 1. The third-order valence-corrected chi connectivity index (χ3v) is 1.16. The fraction of sp³-hybridized carbons (Fsp3) is 0.800. The van der Waals surface area contributed by atoms with E-state index in [2.05, 4.69) is 0 Å². The third-order valence-electron chi connectivity index (χ3n) is 1.16. The van der Waals surface area contributed by atoms with Crippen LogP contribution in [0.25, 0.3) is 0 Å². The summed E-state index contributed by atoms with van der Waals surface area (Å²) in [6.45, 7) is 1.41. The molecule has 2 heteroatoms. The van der Waals surface area contributed by atoms with Crippen molar-refractivity contribution in [2.24, 2.45) is 5.92 Å². The van der Waals surface area contributed by atoms with Crippen LogP contribution in [0.15, 0.2) is 0 Å². The van der Waals surface area contributed by atoms with Gasteiger partial charge in [-0.2, -0.15) is 0 Å². The number of aldehydes is 1. The summed E-state index contributed by atoms with van der Waals surface area (Å²) in [6, 6.07) is 0. The third kappa shape index (κ3) is 0.996. The minimum Gasteiger partial charge on any atom is -0.381 e. The van der Waals surface area contributed by atoms with Gasteiger partial charge < -0.3 is 9.53 Å². The predicted molar refractivity (Wildman–Crippen MR) is 25.0 cm³/mol. The van der Waals surface area contributed by atoms with E-state index in [0.29, 0.717) is 6.61 Å². The molecule has 0 radical (unpaired) electrons. The van der Waals surface area contributed by atoms with E-state index in [0.717, 1.165) is 19.3 Å². The smallest absolute Gasteiger partial charge is 0.125 e. The molecule has 0 N–H and O–H groups in total. The molecule has 1 saturated heterocycles. The minimum atomic E-state index is 0.194. The van der Waals surface area contributed by atoms with Gasteiger partial charge in [0.2, 0.25) is 0 Å². The normalized spacial score (nSPS) is 30.6. The van der Waals surface area contributed by atoms with Gasteiger partial charge in [-0.05, 0) is 6.42 Å². The lowest BCUT2D eigenvalue weighted by molar-refractivity contribution is -0.111. The van der Waals surface area contributed by atoms with Gasteiger partial charge in [0.15, 0.2) is 0 Å². The highest BCUT2D eigenvalue weighted by Gasteiger charge is 2.12. The average molecular weight is 100 g/mol. The molecule has 1 fully saturated rings. The van der Waals surface area contributed by atoms with Crippen molar-refractivity contribution in [3.05, 3.63) is 0 Å². The van der Waals surface area contributed by atoms with Gasteiger partial charge in [0.05, 0.1) is 6.61 Å². The van der Waals surface area contributed by atoms with Crippen molar-refractivity contribution in [3.8, 4) is 0 Å².